The van der Waals surface area contributed by atoms with Gasteiger partial charge >= 0.3 is 0 Å². The van der Waals surface area contributed by atoms with Gasteiger partial charge in [-0.15, -0.1) is 0 Å². The molecule has 2 saturated heterocycles. The van der Waals surface area contributed by atoms with Crippen molar-refractivity contribution in [2.24, 2.45) is 0 Å². The minimum Gasteiger partial charge on any atom is -0.491 e. The summed E-state index contributed by atoms with van der Waals surface area (Å²) >= 11 is 0. The van der Waals surface area contributed by atoms with Crippen LogP contribution in [0.3, 0.4) is 0 Å². The van der Waals surface area contributed by atoms with Crippen molar-refractivity contribution < 1.29 is 27.1 Å². The van der Waals surface area contributed by atoms with Crippen LogP contribution in [-0.4, -0.2) is 69.0 Å². The molecule has 0 N–H and O–H groups in total. The summed E-state index contributed by atoms with van der Waals surface area (Å²) in [4.78, 5) is 14.3. The van der Waals surface area contributed by atoms with Gasteiger partial charge < -0.3 is 14.4 Å². The Bertz CT molecular complexity index is 1010. The minimum atomic E-state index is -3.79. The molecule has 0 saturated carbocycles. The van der Waals surface area contributed by atoms with Gasteiger partial charge in [-0.25, -0.2) is 12.8 Å². The van der Waals surface area contributed by atoms with Crippen LogP contribution in [0.25, 0.3) is 0 Å². The van der Waals surface area contributed by atoms with Crippen LogP contribution in [0.1, 0.15) is 23.2 Å². The van der Waals surface area contributed by atoms with Crippen LogP contribution in [-0.2, 0) is 14.8 Å². The Labute approximate surface area is 181 Å². The average molecular weight is 449 g/mol. The van der Waals surface area contributed by atoms with E-state index in [9.17, 15) is 17.6 Å². The number of amides is 1. The van der Waals surface area contributed by atoms with Crippen molar-refractivity contribution in [1.82, 2.24) is 9.21 Å². The molecule has 2 aromatic carbocycles. The Balaban J connectivity index is 1.32. The first-order valence-electron chi connectivity index (χ1n) is 10.3. The normalized spacial score (nSPS) is 20.0. The van der Waals surface area contributed by atoms with Crippen molar-refractivity contribution in [2.45, 2.75) is 23.8 Å². The second-order valence-corrected chi connectivity index (χ2v) is 9.56. The van der Waals surface area contributed by atoms with Crippen LogP contribution in [0, 0.1) is 5.82 Å². The first kappa shape index (κ1) is 21.7. The molecule has 7 nitrogen and oxygen atoms in total. The van der Waals surface area contributed by atoms with Gasteiger partial charge in [-0.05, 0) is 55.3 Å². The number of halogens is 1. The fraction of sp³-hybridized carbons (Fsp3) is 0.409. The van der Waals surface area contributed by atoms with E-state index in [4.69, 9.17) is 9.47 Å². The number of carbonyl (C=O) groups is 1. The third-order valence-corrected chi connectivity index (χ3v) is 7.42. The van der Waals surface area contributed by atoms with Crippen molar-refractivity contribution in [3.05, 3.63) is 59.9 Å². The molecule has 0 spiro atoms. The number of piperazine rings is 1. The fourth-order valence-corrected chi connectivity index (χ4v) is 5.20. The van der Waals surface area contributed by atoms with Crippen LogP contribution in [0.2, 0.25) is 0 Å². The Morgan fingerprint density at radius 2 is 1.84 bits per heavy atom. The van der Waals surface area contributed by atoms with E-state index in [-0.39, 0.29) is 43.1 Å². The van der Waals surface area contributed by atoms with Crippen LogP contribution in [0.5, 0.6) is 5.75 Å². The number of hydrogen-bond donors (Lipinski definition) is 0. The summed E-state index contributed by atoms with van der Waals surface area (Å²) in [6.45, 7) is 2.13. The zero-order chi connectivity index (χ0) is 21.8. The van der Waals surface area contributed by atoms with Crippen LogP contribution >= 0.6 is 0 Å². The summed E-state index contributed by atoms with van der Waals surface area (Å²) in [5.74, 6) is -0.0791. The van der Waals surface area contributed by atoms with E-state index < -0.39 is 15.8 Å². The number of hydrogen-bond acceptors (Lipinski definition) is 5. The summed E-state index contributed by atoms with van der Waals surface area (Å²) in [5, 5.41) is 0. The summed E-state index contributed by atoms with van der Waals surface area (Å²) in [6.07, 6.45) is 2.18. The van der Waals surface area contributed by atoms with Gasteiger partial charge in [0.1, 0.15) is 18.2 Å². The molecule has 1 amide bonds. The molecule has 0 aromatic heterocycles. The SMILES string of the molecule is O=C(c1ccc(OC[C@@H]2CCCO2)cc1)N1CCN(S(=O)(=O)c2cccc(F)c2)CC1. The lowest BCUT2D eigenvalue weighted by molar-refractivity contribution is 0.0676. The maximum absolute atomic E-state index is 13.4. The number of rotatable bonds is 6. The number of ether oxygens (including phenoxy) is 2. The first-order chi connectivity index (χ1) is 14.9. The predicted molar refractivity (Wildman–Crippen MR) is 112 cm³/mol. The van der Waals surface area contributed by atoms with Gasteiger partial charge in [-0.3, -0.25) is 4.79 Å². The molecule has 166 valence electrons. The molecule has 2 fully saturated rings. The van der Waals surface area contributed by atoms with Crippen molar-refractivity contribution in [1.29, 1.82) is 0 Å². The molecule has 31 heavy (non-hydrogen) atoms. The van der Waals surface area contributed by atoms with Gasteiger partial charge in [0.15, 0.2) is 0 Å². The molecule has 4 rings (SSSR count). The summed E-state index contributed by atoms with van der Waals surface area (Å²) < 4.78 is 51.4. The van der Waals surface area contributed by atoms with Crippen molar-refractivity contribution >= 4 is 15.9 Å². The first-order valence-corrected chi connectivity index (χ1v) is 11.8. The molecule has 0 aliphatic carbocycles. The standard InChI is InChI=1S/C22H25FN2O5S/c23-18-3-1-5-21(15-18)31(27,28)25-12-10-24(11-13-25)22(26)17-6-8-19(9-7-17)30-16-20-4-2-14-29-20/h1,3,5-9,15,20H,2,4,10-14,16H2/t20-/m0/s1. The van der Waals surface area contributed by atoms with E-state index in [1.165, 1.54) is 22.5 Å². The lowest BCUT2D eigenvalue weighted by Gasteiger charge is -2.34. The van der Waals surface area contributed by atoms with Crippen LogP contribution in [0.15, 0.2) is 53.4 Å². The maximum atomic E-state index is 13.4. The molecular formula is C22H25FN2O5S. The topological polar surface area (TPSA) is 76.2 Å². The minimum absolute atomic E-state index is 0.0779. The zero-order valence-corrected chi connectivity index (χ0v) is 17.9. The molecule has 1 atom stereocenters. The highest BCUT2D eigenvalue weighted by Gasteiger charge is 2.30. The predicted octanol–water partition coefficient (Wildman–Crippen LogP) is 2.53. The van der Waals surface area contributed by atoms with Crippen molar-refractivity contribution in [3.63, 3.8) is 0 Å². The average Bonchev–Trinajstić information content (AvgIpc) is 3.31. The highest BCUT2D eigenvalue weighted by molar-refractivity contribution is 7.89. The Kier molecular flexibility index (Phi) is 6.54. The maximum Gasteiger partial charge on any atom is 0.253 e. The molecule has 9 heteroatoms. The molecular weight excluding hydrogens is 423 g/mol. The Morgan fingerprint density at radius 1 is 1.10 bits per heavy atom. The molecule has 2 aliphatic heterocycles. The van der Waals surface area contributed by atoms with Gasteiger partial charge in [0.25, 0.3) is 5.91 Å². The second-order valence-electron chi connectivity index (χ2n) is 7.62. The van der Waals surface area contributed by atoms with Gasteiger partial charge in [-0.2, -0.15) is 4.31 Å². The number of nitrogens with zero attached hydrogens (tertiary/aromatic N) is 2. The molecule has 0 unspecified atom stereocenters. The monoisotopic (exact) mass is 448 g/mol. The van der Waals surface area contributed by atoms with E-state index in [2.05, 4.69) is 0 Å². The van der Waals surface area contributed by atoms with E-state index in [0.717, 1.165) is 25.5 Å². The Hall–Kier alpha value is -2.49. The van der Waals surface area contributed by atoms with E-state index in [0.29, 0.717) is 17.9 Å². The molecule has 0 radical (unpaired) electrons. The van der Waals surface area contributed by atoms with Gasteiger partial charge in [0.05, 0.1) is 11.0 Å². The molecule has 0 bridgehead atoms. The number of sulfonamides is 1. The van der Waals surface area contributed by atoms with Crippen LogP contribution < -0.4 is 4.74 Å². The summed E-state index contributed by atoms with van der Waals surface area (Å²) in [6, 6.07) is 11.9. The number of carbonyl (C=O) groups excluding carboxylic acids is 1. The lowest BCUT2D eigenvalue weighted by Crippen LogP contribution is -2.50. The number of benzene rings is 2. The summed E-state index contributed by atoms with van der Waals surface area (Å²) in [5.41, 5.74) is 0.519. The molecule has 2 aromatic rings. The molecule has 2 heterocycles. The van der Waals surface area contributed by atoms with Gasteiger partial charge in [-0.1, -0.05) is 6.07 Å². The third kappa shape index (κ3) is 5.06. The van der Waals surface area contributed by atoms with E-state index in [1.807, 2.05) is 0 Å². The zero-order valence-electron chi connectivity index (χ0n) is 17.1. The van der Waals surface area contributed by atoms with E-state index >= 15 is 0 Å². The highest BCUT2D eigenvalue weighted by atomic mass is 32.2. The quantitative estimate of drug-likeness (QED) is 0.679. The smallest absolute Gasteiger partial charge is 0.253 e. The van der Waals surface area contributed by atoms with Crippen LogP contribution in [0.4, 0.5) is 4.39 Å². The van der Waals surface area contributed by atoms with Gasteiger partial charge in [0, 0.05) is 38.3 Å². The third-order valence-electron chi connectivity index (χ3n) is 5.52. The summed E-state index contributed by atoms with van der Waals surface area (Å²) in [7, 11) is -3.79. The molecule has 2 aliphatic rings. The fourth-order valence-electron chi connectivity index (χ4n) is 3.75. The van der Waals surface area contributed by atoms with Gasteiger partial charge in [0.2, 0.25) is 10.0 Å². The van der Waals surface area contributed by atoms with E-state index in [1.54, 1.807) is 29.2 Å². The highest BCUT2D eigenvalue weighted by Crippen LogP contribution is 2.21. The largest absolute Gasteiger partial charge is 0.491 e. The lowest BCUT2D eigenvalue weighted by atomic mass is 10.2. The Morgan fingerprint density at radius 3 is 2.48 bits per heavy atom. The van der Waals surface area contributed by atoms with Crippen molar-refractivity contribution in [2.75, 3.05) is 39.4 Å². The van der Waals surface area contributed by atoms with Crippen molar-refractivity contribution in [3.8, 4) is 5.75 Å². The second kappa shape index (κ2) is 9.33.